The van der Waals surface area contributed by atoms with E-state index in [9.17, 15) is 4.39 Å². The fourth-order valence-corrected chi connectivity index (χ4v) is 2.55. The van der Waals surface area contributed by atoms with Crippen LogP contribution in [0.1, 0.15) is 42.5 Å². The number of rotatable bonds is 8. The van der Waals surface area contributed by atoms with Crippen molar-refractivity contribution in [1.29, 1.82) is 0 Å². The van der Waals surface area contributed by atoms with E-state index in [-0.39, 0.29) is 5.82 Å². The number of aromatic nitrogens is 3. The zero-order chi connectivity index (χ0) is 18.9. The highest BCUT2D eigenvalue weighted by Crippen LogP contribution is 2.10. The smallest absolute Gasteiger partial charge is 0.191 e. The fraction of sp³-hybridized carbons (Fsp3) is 0.526. The lowest BCUT2D eigenvalue weighted by molar-refractivity contribution is 0.625. The van der Waals surface area contributed by atoms with Crippen molar-refractivity contribution in [2.75, 3.05) is 13.1 Å². The Balaban J connectivity index is 1.95. The Hall–Kier alpha value is -2.44. The van der Waals surface area contributed by atoms with Crippen LogP contribution in [0.2, 0.25) is 0 Å². The number of benzene rings is 1. The van der Waals surface area contributed by atoms with Crippen LogP contribution >= 0.6 is 0 Å². The van der Waals surface area contributed by atoms with E-state index >= 15 is 0 Å². The molecule has 0 saturated carbocycles. The van der Waals surface area contributed by atoms with E-state index in [1.165, 1.54) is 6.07 Å². The van der Waals surface area contributed by atoms with Gasteiger partial charge in [-0.1, -0.05) is 19.4 Å². The summed E-state index contributed by atoms with van der Waals surface area (Å²) in [6.07, 6.45) is 3.02. The predicted molar refractivity (Wildman–Crippen MR) is 103 cm³/mol. The highest BCUT2D eigenvalue weighted by atomic mass is 19.1. The van der Waals surface area contributed by atoms with Gasteiger partial charge in [0, 0.05) is 20.1 Å². The Labute approximate surface area is 154 Å². The van der Waals surface area contributed by atoms with Crippen LogP contribution in [0.3, 0.4) is 0 Å². The highest BCUT2D eigenvalue weighted by molar-refractivity contribution is 5.79. The van der Waals surface area contributed by atoms with Gasteiger partial charge < -0.3 is 15.2 Å². The Kier molecular flexibility index (Phi) is 7.56. The van der Waals surface area contributed by atoms with E-state index in [1.54, 1.807) is 6.07 Å². The molecule has 0 saturated heterocycles. The molecule has 1 aromatic carbocycles. The Morgan fingerprint density at radius 2 is 1.96 bits per heavy atom. The normalized spacial score (nSPS) is 11.7. The fourth-order valence-electron chi connectivity index (χ4n) is 2.55. The van der Waals surface area contributed by atoms with Gasteiger partial charge in [-0.2, -0.15) is 0 Å². The van der Waals surface area contributed by atoms with Crippen LogP contribution in [-0.2, 0) is 20.0 Å². The maximum atomic E-state index is 13.2. The standard InChI is InChI=1S/C19H29FN6/c1-5-6-10-21-19(23-13-18-25-24-15(3)26(18)4)22-11-9-16-7-8-17(20)12-14(16)2/h7-8,12H,5-6,9-11,13H2,1-4H3,(H2,21,22,23). The third kappa shape index (κ3) is 5.82. The maximum absolute atomic E-state index is 13.2. The third-order valence-corrected chi connectivity index (χ3v) is 4.38. The molecule has 0 aliphatic heterocycles. The molecule has 0 aliphatic carbocycles. The quantitative estimate of drug-likeness (QED) is 0.431. The van der Waals surface area contributed by atoms with Gasteiger partial charge in [-0.05, 0) is 49.9 Å². The molecule has 0 radical (unpaired) electrons. The zero-order valence-electron chi connectivity index (χ0n) is 16.1. The number of unbranched alkanes of at least 4 members (excludes halogenated alkanes) is 1. The summed E-state index contributed by atoms with van der Waals surface area (Å²) in [5.41, 5.74) is 2.11. The molecule has 2 rings (SSSR count). The Morgan fingerprint density at radius 1 is 1.19 bits per heavy atom. The molecule has 0 atom stereocenters. The molecular weight excluding hydrogens is 331 g/mol. The molecule has 6 nitrogen and oxygen atoms in total. The predicted octanol–water partition coefficient (Wildman–Crippen LogP) is 2.65. The molecule has 142 valence electrons. The van der Waals surface area contributed by atoms with Gasteiger partial charge in [-0.3, -0.25) is 0 Å². The Morgan fingerprint density at radius 3 is 2.62 bits per heavy atom. The summed E-state index contributed by atoms with van der Waals surface area (Å²) in [7, 11) is 1.94. The molecule has 0 fully saturated rings. The van der Waals surface area contributed by atoms with Crippen molar-refractivity contribution in [1.82, 2.24) is 25.4 Å². The van der Waals surface area contributed by atoms with E-state index in [4.69, 9.17) is 0 Å². The molecule has 2 N–H and O–H groups in total. The second kappa shape index (κ2) is 9.89. The number of halogens is 1. The molecule has 0 bridgehead atoms. The van der Waals surface area contributed by atoms with Crippen LogP contribution in [-0.4, -0.2) is 33.8 Å². The van der Waals surface area contributed by atoms with Crippen LogP contribution in [0.4, 0.5) is 4.39 Å². The summed E-state index contributed by atoms with van der Waals surface area (Å²) < 4.78 is 15.1. The first-order chi connectivity index (χ1) is 12.5. The van der Waals surface area contributed by atoms with E-state index in [2.05, 4.69) is 32.7 Å². The van der Waals surface area contributed by atoms with E-state index in [1.807, 2.05) is 31.5 Å². The Bertz CT molecular complexity index is 738. The van der Waals surface area contributed by atoms with Crippen LogP contribution in [0, 0.1) is 19.7 Å². The lowest BCUT2D eigenvalue weighted by Gasteiger charge is -2.13. The minimum atomic E-state index is -0.193. The molecule has 0 aliphatic rings. The topological polar surface area (TPSA) is 67.1 Å². The monoisotopic (exact) mass is 360 g/mol. The van der Waals surface area contributed by atoms with Gasteiger partial charge in [-0.25, -0.2) is 9.38 Å². The van der Waals surface area contributed by atoms with Gasteiger partial charge in [0.1, 0.15) is 18.2 Å². The second-order valence-corrected chi connectivity index (χ2v) is 6.42. The number of guanidine groups is 1. The lowest BCUT2D eigenvalue weighted by Crippen LogP contribution is -2.39. The summed E-state index contributed by atoms with van der Waals surface area (Å²) in [5.74, 6) is 2.27. The van der Waals surface area contributed by atoms with Gasteiger partial charge in [-0.15, -0.1) is 10.2 Å². The van der Waals surface area contributed by atoms with Gasteiger partial charge >= 0.3 is 0 Å². The largest absolute Gasteiger partial charge is 0.356 e. The molecule has 0 amide bonds. The summed E-state index contributed by atoms with van der Waals surface area (Å²) in [6, 6.07) is 4.92. The minimum absolute atomic E-state index is 0.193. The van der Waals surface area contributed by atoms with Crippen molar-refractivity contribution < 1.29 is 4.39 Å². The van der Waals surface area contributed by atoms with Gasteiger partial charge in [0.05, 0.1) is 0 Å². The average molecular weight is 360 g/mol. The van der Waals surface area contributed by atoms with E-state index < -0.39 is 0 Å². The molecule has 1 heterocycles. The first kappa shape index (κ1) is 19.9. The molecular formula is C19H29FN6. The van der Waals surface area contributed by atoms with Gasteiger partial charge in [0.15, 0.2) is 11.8 Å². The number of nitrogens with zero attached hydrogens (tertiary/aromatic N) is 4. The third-order valence-electron chi connectivity index (χ3n) is 4.38. The van der Waals surface area contributed by atoms with Crippen LogP contribution in [0.25, 0.3) is 0 Å². The average Bonchev–Trinajstić information content (AvgIpc) is 2.93. The van der Waals surface area contributed by atoms with E-state index in [0.29, 0.717) is 6.54 Å². The first-order valence-electron chi connectivity index (χ1n) is 9.13. The van der Waals surface area contributed by atoms with Crippen LogP contribution in [0.15, 0.2) is 23.2 Å². The highest BCUT2D eigenvalue weighted by Gasteiger charge is 2.06. The summed E-state index contributed by atoms with van der Waals surface area (Å²) >= 11 is 0. The molecule has 0 spiro atoms. The van der Waals surface area contributed by atoms with Crippen molar-refractivity contribution in [3.8, 4) is 0 Å². The lowest BCUT2D eigenvalue weighted by atomic mass is 10.1. The molecule has 26 heavy (non-hydrogen) atoms. The summed E-state index contributed by atoms with van der Waals surface area (Å²) in [6.45, 7) is 8.07. The number of nitrogens with one attached hydrogen (secondary N) is 2. The number of hydrogen-bond acceptors (Lipinski definition) is 3. The van der Waals surface area contributed by atoms with E-state index in [0.717, 1.165) is 61.1 Å². The number of aryl methyl sites for hydroxylation is 2. The summed E-state index contributed by atoms with van der Waals surface area (Å²) in [5, 5.41) is 14.9. The molecule has 7 heteroatoms. The van der Waals surface area contributed by atoms with Crippen molar-refractivity contribution in [2.24, 2.45) is 12.0 Å². The number of aliphatic imine (C=N–C) groups is 1. The second-order valence-electron chi connectivity index (χ2n) is 6.42. The van der Waals surface area contributed by atoms with Crippen molar-refractivity contribution >= 4 is 5.96 Å². The minimum Gasteiger partial charge on any atom is -0.356 e. The SMILES string of the molecule is CCCCNC(=NCc1nnc(C)n1C)NCCc1ccc(F)cc1C. The first-order valence-corrected chi connectivity index (χ1v) is 9.13. The van der Waals surface area contributed by atoms with Crippen LogP contribution in [0.5, 0.6) is 0 Å². The molecule has 1 aromatic heterocycles. The zero-order valence-corrected chi connectivity index (χ0v) is 16.1. The molecule has 2 aromatic rings. The van der Waals surface area contributed by atoms with Gasteiger partial charge in [0.25, 0.3) is 0 Å². The molecule has 0 unspecified atom stereocenters. The van der Waals surface area contributed by atoms with Gasteiger partial charge in [0.2, 0.25) is 0 Å². The van der Waals surface area contributed by atoms with Crippen molar-refractivity contribution in [3.05, 3.63) is 46.8 Å². The number of hydrogen-bond donors (Lipinski definition) is 2. The maximum Gasteiger partial charge on any atom is 0.191 e. The van der Waals surface area contributed by atoms with Crippen LogP contribution < -0.4 is 10.6 Å². The van der Waals surface area contributed by atoms with Crippen molar-refractivity contribution in [2.45, 2.75) is 46.6 Å². The summed E-state index contributed by atoms with van der Waals surface area (Å²) in [4.78, 5) is 4.62. The van der Waals surface area contributed by atoms with Crippen molar-refractivity contribution in [3.63, 3.8) is 0 Å².